The molecule has 1 N–H and O–H groups in total. The smallest absolute Gasteiger partial charge is 0.410 e. The van der Waals surface area contributed by atoms with Crippen molar-refractivity contribution in [1.29, 1.82) is 0 Å². The monoisotopic (exact) mass is 341 g/mol. The molecule has 1 saturated heterocycles. The number of morpholine rings is 1. The molecule has 0 spiro atoms. The second-order valence-electron chi connectivity index (χ2n) is 6.61. The average Bonchev–Trinajstić information content (AvgIpc) is 2.94. The van der Waals surface area contributed by atoms with Crippen molar-refractivity contribution in [3.8, 4) is 0 Å². The van der Waals surface area contributed by atoms with Gasteiger partial charge in [-0.25, -0.2) is 9.78 Å². The highest BCUT2D eigenvalue weighted by molar-refractivity contribution is 7.11. The Morgan fingerprint density at radius 3 is 3.00 bits per heavy atom. The van der Waals surface area contributed by atoms with E-state index < -0.39 is 5.60 Å². The van der Waals surface area contributed by atoms with Crippen LogP contribution in [0, 0.1) is 0 Å². The predicted octanol–water partition coefficient (Wildman–Crippen LogP) is 2.43. The Morgan fingerprint density at radius 2 is 2.35 bits per heavy atom. The molecule has 130 valence electrons. The number of ether oxygens (including phenoxy) is 2. The topological polar surface area (TPSA) is 63.7 Å². The van der Waals surface area contributed by atoms with Gasteiger partial charge in [-0.2, -0.15) is 0 Å². The molecule has 1 unspecified atom stereocenters. The Balaban J connectivity index is 1.84. The van der Waals surface area contributed by atoms with Crippen LogP contribution in [0.1, 0.15) is 37.6 Å². The summed E-state index contributed by atoms with van der Waals surface area (Å²) in [7, 11) is 0. The zero-order valence-corrected chi connectivity index (χ0v) is 15.2. The molecule has 0 bridgehead atoms. The molecule has 0 saturated carbocycles. The van der Waals surface area contributed by atoms with Crippen LogP contribution in [0.4, 0.5) is 4.79 Å². The maximum atomic E-state index is 12.3. The third-order valence-corrected chi connectivity index (χ3v) is 4.58. The van der Waals surface area contributed by atoms with Crippen molar-refractivity contribution in [2.45, 2.75) is 52.3 Å². The van der Waals surface area contributed by atoms with Gasteiger partial charge < -0.3 is 14.8 Å². The predicted molar refractivity (Wildman–Crippen MR) is 90.7 cm³/mol. The van der Waals surface area contributed by atoms with Crippen LogP contribution in [0.15, 0.2) is 6.20 Å². The number of hydrogen-bond donors (Lipinski definition) is 1. The summed E-state index contributed by atoms with van der Waals surface area (Å²) in [5.74, 6) is 0. The molecule has 1 atom stereocenters. The number of amides is 1. The summed E-state index contributed by atoms with van der Waals surface area (Å²) in [6.45, 7) is 10.9. The number of nitrogens with one attached hydrogen (secondary N) is 1. The maximum absolute atomic E-state index is 12.3. The molecule has 7 heteroatoms. The van der Waals surface area contributed by atoms with Crippen molar-refractivity contribution < 1.29 is 14.3 Å². The van der Waals surface area contributed by atoms with Crippen LogP contribution in [0.2, 0.25) is 0 Å². The minimum Gasteiger partial charge on any atom is -0.444 e. The molecule has 2 heterocycles. The summed E-state index contributed by atoms with van der Waals surface area (Å²) in [5, 5.41) is 4.55. The van der Waals surface area contributed by atoms with Crippen LogP contribution in [-0.4, -0.2) is 53.9 Å². The quantitative estimate of drug-likeness (QED) is 0.891. The number of rotatable bonds is 5. The Bertz CT molecular complexity index is 513. The fraction of sp³-hybridized carbons (Fsp3) is 0.750. The molecule has 0 aromatic carbocycles. The van der Waals surface area contributed by atoms with Crippen molar-refractivity contribution in [1.82, 2.24) is 15.2 Å². The van der Waals surface area contributed by atoms with E-state index in [0.29, 0.717) is 26.3 Å². The molecule has 1 fully saturated rings. The Labute approximate surface area is 142 Å². The Morgan fingerprint density at radius 1 is 1.57 bits per heavy atom. The summed E-state index contributed by atoms with van der Waals surface area (Å²) in [6.07, 6.45) is 2.62. The van der Waals surface area contributed by atoms with E-state index in [2.05, 4.69) is 17.2 Å². The van der Waals surface area contributed by atoms with Crippen LogP contribution < -0.4 is 5.32 Å². The number of nitrogens with zero attached hydrogens (tertiary/aromatic N) is 2. The zero-order chi connectivity index (χ0) is 16.9. The van der Waals surface area contributed by atoms with Gasteiger partial charge in [-0.1, -0.05) is 6.92 Å². The summed E-state index contributed by atoms with van der Waals surface area (Å²) < 4.78 is 11.0. The summed E-state index contributed by atoms with van der Waals surface area (Å²) in [4.78, 5) is 19.6. The molecule has 1 aromatic rings. The fourth-order valence-electron chi connectivity index (χ4n) is 2.34. The van der Waals surface area contributed by atoms with E-state index in [-0.39, 0.29) is 12.1 Å². The van der Waals surface area contributed by atoms with Crippen LogP contribution in [0.3, 0.4) is 0 Å². The first-order valence-electron chi connectivity index (χ1n) is 8.10. The van der Waals surface area contributed by atoms with E-state index in [1.165, 1.54) is 4.88 Å². The van der Waals surface area contributed by atoms with E-state index in [4.69, 9.17) is 9.47 Å². The lowest BCUT2D eigenvalue weighted by molar-refractivity contribution is -0.0317. The molecule has 0 aliphatic carbocycles. The van der Waals surface area contributed by atoms with Crippen molar-refractivity contribution in [2.24, 2.45) is 0 Å². The second kappa shape index (κ2) is 8.08. The van der Waals surface area contributed by atoms with E-state index in [1.54, 1.807) is 16.2 Å². The molecule has 1 amide bonds. The first-order chi connectivity index (χ1) is 10.9. The molecule has 1 aromatic heterocycles. The minimum atomic E-state index is -0.480. The molecule has 0 radical (unpaired) electrons. The minimum absolute atomic E-state index is 0.00262. The van der Waals surface area contributed by atoms with Gasteiger partial charge in [-0.05, 0) is 27.2 Å². The Kier molecular flexibility index (Phi) is 6.38. The fourth-order valence-corrected chi connectivity index (χ4v) is 3.17. The van der Waals surface area contributed by atoms with E-state index >= 15 is 0 Å². The molecule has 6 nitrogen and oxygen atoms in total. The third-order valence-electron chi connectivity index (χ3n) is 3.44. The molecular weight excluding hydrogens is 314 g/mol. The van der Waals surface area contributed by atoms with Crippen LogP contribution in [-0.2, 0) is 22.4 Å². The van der Waals surface area contributed by atoms with Crippen molar-refractivity contribution in [3.63, 3.8) is 0 Å². The molecular formula is C16H27N3O3S. The summed E-state index contributed by atoms with van der Waals surface area (Å²) in [6, 6.07) is -0.00262. The lowest BCUT2D eigenvalue weighted by Gasteiger charge is -2.36. The van der Waals surface area contributed by atoms with Gasteiger partial charge in [0.2, 0.25) is 0 Å². The van der Waals surface area contributed by atoms with Gasteiger partial charge in [-0.3, -0.25) is 4.90 Å². The van der Waals surface area contributed by atoms with Crippen LogP contribution in [0.5, 0.6) is 0 Å². The highest BCUT2D eigenvalue weighted by atomic mass is 32.1. The normalized spacial score (nSPS) is 19.0. The van der Waals surface area contributed by atoms with Crippen molar-refractivity contribution in [2.75, 3.05) is 26.3 Å². The van der Waals surface area contributed by atoms with Crippen LogP contribution >= 0.6 is 11.3 Å². The highest BCUT2D eigenvalue weighted by Gasteiger charge is 2.30. The highest BCUT2D eigenvalue weighted by Crippen LogP contribution is 2.15. The van der Waals surface area contributed by atoms with E-state index in [1.807, 2.05) is 27.0 Å². The molecule has 23 heavy (non-hydrogen) atoms. The largest absolute Gasteiger partial charge is 0.444 e. The van der Waals surface area contributed by atoms with Gasteiger partial charge in [0, 0.05) is 30.7 Å². The van der Waals surface area contributed by atoms with E-state index in [9.17, 15) is 4.79 Å². The van der Waals surface area contributed by atoms with Crippen molar-refractivity contribution >= 4 is 17.4 Å². The number of aromatic nitrogens is 1. The standard InChI is InChI=1S/C16H27N3O3S/c1-5-14-18-10-13(23-14)9-17-8-12-11-21-7-6-19(12)15(20)22-16(2,3)4/h10,12,17H,5-9,11H2,1-4H3. The number of carbonyl (C=O) groups excluding carboxylic acids is 1. The molecule has 1 aliphatic heterocycles. The van der Waals surface area contributed by atoms with E-state index in [0.717, 1.165) is 18.0 Å². The lowest BCUT2D eigenvalue weighted by atomic mass is 10.2. The summed E-state index contributed by atoms with van der Waals surface area (Å²) in [5.41, 5.74) is -0.480. The SMILES string of the molecule is CCc1ncc(CNCC2COCCN2C(=O)OC(C)(C)C)s1. The third kappa shape index (κ3) is 5.75. The van der Waals surface area contributed by atoms with Crippen LogP contribution in [0.25, 0.3) is 0 Å². The maximum Gasteiger partial charge on any atom is 0.410 e. The van der Waals surface area contributed by atoms with Gasteiger partial charge in [0.05, 0.1) is 24.3 Å². The van der Waals surface area contributed by atoms with Gasteiger partial charge in [0.1, 0.15) is 5.60 Å². The number of hydrogen-bond acceptors (Lipinski definition) is 6. The van der Waals surface area contributed by atoms with Gasteiger partial charge in [0.15, 0.2) is 0 Å². The Hall–Kier alpha value is -1.18. The molecule has 2 rings (SSSR count). The second-order valence-corrected chi connectivity index (χ2v) is 7.81. The van der Waals surface area contributed by atoms with Gasteiger partial charge in [-0.15, -0.1) is 11.3 Å². The lowest BCUT2D eigenvalue weighted by Crippen LogP contribution is -2.53. The number of carbonyl (C=O) groups is 1. The zero-order valence-electron chi connectivity index (χ0n) is 14.4. The first-order valence-corrected chi connectivity index (χ1v) is 8.92. The summed E-state index contributed by atoms with van der Waals surface area (Å²) >= 11 is 1.72. The average molecular weight is 341 g/mol. The number of aryl methyl sites for hydroxylation is 1. The number of thiazole rings is 1. The molecule has 1 aliphatic rings. The van der Waals surface area contributed by atoms with Crippen molar-refractivity contribution in [3.05, 3.63) is 16.1 Å². The first kappa shape index (κ1) is 18.2. The van der Waals surface area contributed by atoms with Gasteiger partial charge in [0.25, 0.3) is 0 Å². The van der Waals surface area contributed by atoms with Gasteiger partial charge >= 0.3 is 6.09 Å².